The van der Waals surface area contributed by atoms with Gasteiger partial charge in [-0.3, -0.25) is 0 Å². The summed E-state index contributed by atoms with van der Waals surface area (Å²) in [5.41, 5.74) is 0.0453. The summed E-state index contributed by atoms with van der Waals surface area (Å²) in [5.74, 6) is 0.353. The molecule has 0 bridgehead atoms. The number of anilines is 3. The SMILES string of the molecule is COCC(C)Nc1nccc(N(C(=O)NC(C)(C)C)c2ccc(F)cc2)n1. The molecule has 27 heavy (non-hydrogen) atoms. The molecule has 0 saturated carbocycles. The number of nitrogens with zero attached hydrogens (tertiary/aromatic N) is 3. The summed E-state index contributed by atoms with van der Waals surface area (Å²) < 4.78 is 18.4. The lowest BCUT2D eigenvalue weighted by Crippen LogP contribution is -2.47. The van der Waals surface area contributed by atoms with Gasteiger partial charge >= 0.3 is 6.03 Å². The second-order valence-electron chi connectivity index (χ2n) is 7.23. The Bertz CT molecular complexity index is 761. The van der Waals surface area contributed by atoms with Crippen LogP contribution in [0.4, 0.5) is 26.6 Å². The van der Waals surface area contributed by atoms with Gasteiger partial charge in [0.1, 0.15) is 11.6 Å². The van der Waals surface area contributed by atoms with Crippen LogP contribution in [0, 0.1) is 5.82 Å². The van der Waals surface area contributed by atoms with E-state index in [0.717, 1.165) is 0 Å². The first-order valence-electron chi connectivity index (χ1n) is 8.66. The van der Waals surface area contributed by atoms with Crippen LogP contribution >= 0.6 is 0 Å². The van der Waals surface area contributed by atoms with Crippen molar-refractivity contribution in [3.63, 3.8) is 0 Å². The summed E-state index contributed by atoms with van der Waals surface area (Å²) in [6.45, 7) is 8.07. The number of hydrogen-bond donors (Lipinski definition) is 2. The van der Waals surface area contributed by atoms with Crippen molar-refractivity contribution in [3.8, 4) is 0 Å². The standard InChI is InChI=1S/C19H26FN5O2/c1-13(12-27-5)22-17-21-11-10-16(23-17)25(18(26)24-19(2,3)4)15-8-6-14(20)7-9-15/h6-11,13H,12H2,1-5H3,(H,24,26)(H,21,22,23). The molecule has 2 aromatic rings. The minimum Gasteiger partial charge on any atom is -0.383 e. The molecule has 1 heterocycles. The lowest BCUT2D eigenvalue weighted by Gasteiger charge is -2.28. The first-order chi connectivity index (χ1) is 12.7. The number of methoxy groups -OCH3 is 1. The van der Waals surface area contributed by atoms with Crippen LogP contribution in [0.1, 0.15) is 27.7 Å². The summed E-state index contributed by atoms with van der Waals surface area (Å²) in [6.07, 6.45) is 1.56. The van der Waals surface area contributed by atoms with Crippen LogP contribution in [0.25, 0.3) is 0 Å². The molecule has 2 N–H and O–H groups in total. The highest BCUT2D eigenvalue weighted by Crippen LogP contribution is 2.25. The number of aromatic nitrogens is 2. The Morgan fingerprint density at radius 1 is 1.26 bits per heavy atom. The van der Waals surface area contributed by atoms with E-state index in [1.807, 2.05) is 27.7 Å². The normalized spacial score (nSPS) is 12.4. The van der Waals surface area contributed by atoms with E-state index in [1.54, 1.807) is 19.4 Å². The molecular formula is C19H26FN5O2. The predicted molar refractivity (Wildman–Crippen MR) is 104 cm³/mol. The van der Waals surface area contributed by atoms with Gasteiger partial charge in [0.2, 0.25) is 5.95 Å². The van der Waals surface area contributed by atoms with E-state index in [1.165, 1.54) is 29.2 Å². The minimum atomic E-state index is -0.448. The highest BCUT2D eigenvalue weighted by molar-refractivity contribution is 5.98. The van der Waals surface area contributed by atoms with E-state index in [9.17, 15) is 9.18 Å². The number of ether oxygens (including phenoxy) is 1. The van der Waals surface area contributed by atoms with E-state index in [-0.39, 0.29) is 17.9 Å². The number of benzene rings is 1. The van der Waals surface area contributed by atoms with Crippen LogP contribution in [0.15, 0.2) is 36.5 Å². The molecular weight excluding hydrogens is 349 g/mol. The maximum absolute atomic E-state index is 13.3. The van der Waals surface area contributed by atoms with Gasteiger partial charge in [-0.1, -0.05) is 0 Å². The van der Waals surface area contributed by atoms with Gasteiger partial charge in [-0.15, -0.1) is 0 Å². The summed E-state index contributed by atoms with van der Waals surface area (Å²) in [6, 6.07) is 6.90. The third-order valence-electron chi connectivity index (χ3n) is 3.43. The Hall–Kier alpha value is -2.74. The smallest absolute Gasteiger partial charge is 0.328 e. The Kier molecular flexibility index (Phi) is 6.68. The predicted octanol–water partition coefficient (Wildman–Crippen LogP) is 3.71. The summed E-state index contributed by atoms with van der Waals surface area (Å²) in [7, 11) is 1.61. The maximum atomic E-state index is 13.3. The number of carbonyl (C=O) groups is 1. The van der Waals surface area contributed by atoms with Gasteiger partial charge in [0.05, 0.1) is 12.3 Å². The van der Waals surface area contributed by atoms with Gasteiger partial charge in [-0.25, -0.2) is 19.1 Å². The first-order valence-corrected chi connectivity index (χ1v) is 8.66. The number of urea groups is 1. The topological polar surface area (TPSA) is 79.4 Å². The summed E-state index contributed by atoms with van der Waals surface area (Å²) >= 11 is 0. The summed E-state index contributed by atoms with van der Waals surface area (Å²) in [4.78, 5) is 22.9. The first kappa shape index (κ1) is 20.6. The van der Waals surface area contributed by atoms with Crippen molar-refractivity contribution < 1.29 is 13.9 Å². The number of carbonyl (C=O) groups excluding carboxylic acids is 1. The highest BCUT2D eigenvalue weighted by atomic mass is 19.1. The van der Waals surface area contributed by atoms with Crippen molar-refractivity contribution in [1.82, 2.24) is 15.3 Å². The van der Waals surface area contributed by atoms with Gasteiger partial charge in [0, 0.05) is 31.0 Å². The molecule has 2 rings (SSSR count). The quantitative estimate of drug-likeness (QED) is 0.805. The highest BCUT2D eigenvalue weighted by Gasteiger charge is 2.24. The fraction of sp³-hybridized carbons (Fsp3) is 0.421. The maximum Gasteiger partial charge on any atom is 0.328 e. The zero-order chi connectivity index (χ0) is 20.0. The van der Waals surface area contributed by atoms with Crippen molar-refractivity contribution in [2.75, 3.05) is 23.9 Å². The average molecular weight is 375 g/mol. The number of hydrogen-bond acceptors (Lipinski definition) is 5. The number of rotatable bonds is 6. The Balaban J connectivity index is 2.38. The zero-order valence-electron chi connectivity index (χ0n) is 16.3. The van der Waals surface area contributed by atoms with Gasteiger partial charge in [0.15, 0.2) is 0 Å². The minimum absolute atomic E-state index is 0.00655. The second-order valence-corrected chi connectivity index (χ2v) is 7.23. The number of nitrogens with one attached hydrogen (secondary N) is 2. The Morgan fingerprint density at radius 3 is 2.52 bits per heavy atom. The molecule has 0 saturated heterocycles. The molecule has 7 nitrogen and oxygen atoms in total. The van der Waals surface area contributed by atoms with Crippen LogP contribution in [0.5, 0.6) is 0 Å². The van der Waals surface area contributed by atoms with Crippen LogP contribution in [-0.2, 0) is 4.74 Å². The monoisotopic (exact) mass is 375 g/mol. The van der Waals surface area contributed by atoms with Crippen molar-refractivity contribution in [1.29, 1.82) is 0 Å². The lowest BCUT2D eigenvalue weighted by molar-refractivity contribution is 0.190. The van der Waals surface area contributed by atoms with Crippen LogP contribution in [0.3, 0.4) is 0 Å². The van der Waals surface area contributed by atoms with Crippen molar-refractivity contribution in [2.45, 2.75) is 39.3 Å². The fourth-order valence-electron chi connectivity index (χ4n) is 2.38. The van der Waals surface area contributed by atoms with E-state index in [4.69, 9.17) is 4.74 Å². The van der Waals surface area contributed by atoms with Crippen LogP contribution < -0.4 is 15.5 Å². The molecule has 146 valence electrons. The third kappa shape index (κ3) is 6.18. The number of amides is 2. The van der Waals surface area contributed by atoms with Crippen LogP contribution in [-0.4, -0.2) is 41.3 Å². The Labute approximate surface area is 159 Å². The molecule has 0 aliphatic carbocycles. The Morgan fingerprint density at radius 2 is 1.93 bits per heavy atom. The molecule has 8 heteroatoms. The van der Waals surface area contributed by atoms with E-state index < -0.39 is 5.54 Å². The molecule has 1 unspecified atom stereocenters. The molecule has 0 aliphatic heterocycles. The third-order valence-corrected chi connectivity index (χ3v) is 3.43. The lowest BCUT2D eigenvalue weighted by atomic mass is 10.1. The largest absolute Gasteiger partial charge is 0.383 e. The van der Waals surface area contributed by atoms with Crippen molar-refractivity contribution in [2.24, 2.45) is 0 Å². The number of halogens is 1. The van der Waals surface area contributed by atoms with Crippen molar-refractivity contribution >= 4 is 23.5 Å². The molecule has 0 radical (unpaired) electrons. The molecule has 1 atom stereocenters. The molecule has 0 fully saturated rings. The zero-order valence-corrected chi connectivity index (χ0v) is 16.3. The molecule has 1 aromatic carbocycles. The fourth-order valence-corrected chi connectivity index (χ4v) is 2.38. The van der Waals surface area contributed by atoms with Gasteiger partial charge in [-0.05, 0) is 52.0 Å². The average Bonchev–Trinajstić information content (AvgIpc) is 2.56. The van der Waals surface area contributed by atoms with Crippen LogP contribution in [0.2, 0.25) is 0 Å². The molecule has 0 spiro atoms. The van der Waals surface area contributed by atoms with Gasteiger partial charge in [0.25, 0.3) is 0 Å². The van der Waals surface area contributed by atoms with Gasteiger partial charge < -0.3 is 15.4 Å². The second kappa shape index (κ2) is 8.77. The summed E-state index contributed by atoms with van der Waals surface area (Å²) in [5, 5.41) is 6.02. The van der Waals surface area contributed by atoms with Gasteiger partial charge in [-0.2, -0.15) is 4.98 Å². The molecule has 0 aliphatic rings. The van der Waals surface area contributed by atoms with E-state index in [2.05, 4.69) is 20.6 Å². The van der Waals surface area contributed by atoms with E-state index in [0.29, 0.717) is 24.1 Å². The van der Waals surface area contributed by atoms with Crippen molar-refractivity contribution in [3.05, 3.63) is 42.3 Å². The molecule has 2 amide bonds. The molecule has 1 aromatic heterocycles. The van der Waals surface area contributed by atoms with E-state index >= 15 is 0 Å².